The van der Waals surface area contributed by atoms with Crippen molar-refractivity contribution in [2.45, 2.75) is 10.4 Å². The van der Waals surface area contributed by atoms with E-state index in [1.165, 1.54) is 19.2 Å². The van der Waals surface area contributed by atoms with Gasteiger partial charge in [0.25, 0.3) is 0 Å². The molecule has 0 aliphatic rings. The van der Waals surface area contributed by atoms with Crippen LogP contribution in [0.3, 0.4) is 0 Å². The van der Waals surface area contributed by atoms with Crippen LogP contribution in [0, 0.1) is 0 Å². The molecule has 0 aliphatic heterocycles. The van der Waals surface area contributed by atoms with E-state index in [2.05, 4.69) is 0 Å². The third-order valence-corrected chi connectivity index (χ3v) is 4.41. The van der Waals surface area contributed by atoms with Crippen LogP contribution in [0.5, 0.6) is 5.75 Å². The van der Waals surface area contributed by atoms with Gasteiger partial charge >= 0.3 is 5.51 Å². The Morgan fingerprint density at radius 3 is 2.67 bits per heavy atom. The number of nitrogens with two attached hydrogens (primary N) is 1. The van der Waals surface area contributed by atoms with Crippen LogP contribution in [-0.4, -0.2) is 28.3 Å². The van der Waals surface area contributed by atoms with Gasteiger partial charge in [0.15, 0.2) is 0 Å². The summed E-state index contributed by atoms with van der Waals surface area (Å²) in [6.45, 7) is 0. The first-order valence-electron chi connectivity index (χ1n) is 4.86. The van der Waals surface area contributed by atoms with Gasteiger partial charge in [0.1, 0.15) is 5.75 Å². The van der Waals surface area contributed by atoms with Crippen LogP contribution >= 0.6 is 11.8 Å². The molecule has 0 heterocycles. The molecule has 0 saturated heterocycles. The van der Waals surface area contributed by atoms with E-state index >= 15 is 0 Å². The first-order valence-corrected chi connectivity index (χ1v) is 7.16. The molecule has 0 amide bonds. The lowest BCUT2D eigenvalue weighted by molar-refractivity contribution is -0.0326. The van der Waals surface area contributed by atoms with Crippen molar-refractivity contribution < 1.29 is 22.1 Å². The lowest BCUT2D eigenvalue weighted by atomic mass is 10.3. The number of thioether (sulfide) groups is 1. The smallest absolute Gasteiger partial charge is 0.441 e. The van der Waals surface area contributed by atoms with E-state index in [9.17, 15) is 17.4 Å². The van der Waals surface area contributed by atoms with Gasteiger partial charge < -0.3 is 10.5 Å². The Balaban J connectivity index is 2.66. The third-order valence-electron chi connectivity index (χ3n) is 2.00. The van der Waals surface area contributed by atoms with E-state index < -0.39 is 16.3 Å². The summed E-state index contributed by atoms with van der Waals surface area (Å²) in [5, 5.41) is 0. The van der Waals surface area contributed by atoms with Gasteiger partial charge in [-0.1, -0.05) is 11.8 Å². The first kappa shape index (κ1) is 15.2. The molecular formula is C10H12F3NO2S2. The molecule has 3 nitrogen and oxygen atoms in total. The van der Waals surface area contributed by atoms with Gasteiger partial charge in [-0.2, -0.15) is 13.2 Å². The molecule has 18 heavy (non-hydrogen) atoms. The van der Waals surface area contributed by atoms with Crippen LogP contribution in [0.15, 0.2) is 23.1 Å². The van der Waals surface area contributed by atoms with E-state index in [-0.39, 0.29) is 29.0 Å². The van der Waals surface area contributed by atoms with Crippen molar-refractivity contribution in [1.82, 2.24) is 0 Å². The van der Waals surface area contributed by atoms with Gasteiger partial charge in [-0.25, -0.2) is 0 Å². The van der Waals surface area contributed by atoms with Crippen LogP contribution in [0.2, 0.25) is 0 Å². The van der Waals surface area contributed by atoms with Crippen LogP contribution in [0.4, 0.5) is 18.9 Å². The van der Waals surface area contributed by atoms with E-state index in [1.54, 1.807) is 6.07 Å². The van der Waals surface area contributed by atoms with Crippen molar-refractivity contribution >= 4 is 28.2 Å². The number of anilines is 1. The van der Waals surface area contributed by atoms with Gasteiger partial charge in [0.2, 0.25) is 0 Å². The van der Waals surface area contributed by atoms with Crippen molar-refractivity contribution in [3.63, 3.8) is 0 Å². The van der Waals surface area contributed by atoms with Crippen molar-refractivity contribution in [2.75, 3.05) is 24.3 Å². The number of hydrogen-bond donors (Lipinski definition) is 1. The number of halogens is 3. The number of rotatable bonds is 5. The lowest BCUT2D eigenvalue weighted by Gasteiger charge is -2.09. The number of hydrogen-bond acceptors (Lipinski definition) is 4. The molecule has 1 aromatic carbocycles. The summed E-state index contributed by atoms with van der Waals surface area (Å²) in [5.74, 6) is 0.0879. The molecule has 0 aliphatic carbocycles. The Morgan fingerprint density at radius 1 is 1.44 bits per heavy atom. The lowest BCUT2D eigenvalue weighted by Crippen LogP contribution is -2.08. The second-order valence-corrected chi connectivity index (χ2v) is 5.95. The highest BCUT2D eigenvalue weighted by Gasteiger charge is 2.28. The normalized spacial score (nSPS) is 13.3. The monoisotopic (exact) mass is 299 g/mol. The van der Waals surface area contributed by atoms with E-state index in [1.807, 2.05) is 0 Å². The van der Waals surface area contributed by atoms with Gasteiger partial charge in [-0.05, 0) is 18.2 Å². The topological polar surface area (TPSA) is 52.3 Å². The van der Waals surface area contributed by atoms with Crippen LogP contribution in [0.1, 0.15) is 0 Å². The molecule has 1 rings (SSSR count). The average molecular weight is 299 g/mol. The fourth-order valence-corrected chi connectivity index (χ4v) is 3.15. The predicted octanol–water partition coefficient (Wildman–Crippen LogP) is 2.64. The van der Waals surface area contributed by atoms with Gasteiger partial charge in [0.05, 0.1) is 22.8 Å². The molecule has 0 aromatic heterocycles. The Kier molecular flexibility index (Phi) is 5.33. The fourth-order valence-electron chi connectivity index (χ4n) is 1.18. The summed E-state index contributed by atoms with van der Waals surface area (Å²) < 4.78 is 52.5. The first-order chi connectivity index (χ1) is 8.33. The highest BCUT2D eigenvalue weighted by Crippen LogP contribution is 2.30. The number of benzene rings is 1. The molecule has 0 saturated carbocycles. The molecular weight excluding hydrogens is 287 g/mol. The van der Waals surface area contributed by atoms with E-state index in [4.69, 9.17) is 10.5 Å². The quantitative estimate of drug-likeness (QED) is 0.849. The van der Waals surface area contributed by atoms with Crippen LogP contribution < -0.4 is 10.5 Å². The third kappa shape index (κ3) is 4.77. The molecule has 0 bridgehead atoms. The van der Waals surface area contributed by atoms with Gasteiger partial charge in [0, 0.05) is 17.2 Å². The number of alkyl halides is 3. The maximum absolute atomic E-state index is 11.9. The number of methoxy groups -OCH3 is 1. The molecule has 1 aromatic rings. The maximum Gasteiger partial charge on any atom is 0.441 e. The molecule has 102 valence electrons. The van der Waals surface area contributed by atoms with Gasteiger partial charge in [-0.3, -0.25) is 4.21 Å². The van der Waals surface area contributed by atoms with E-state index in [0.717, 1.165) is 0 Å². The van der Waals surface area contributed by atoms with Crippen LogP contribution in [0.25, 0.3) is 0 Å². The molecule has 1 unspecified atom stereocenters. The molecule has 0 radical (unpaired) electrons. The summed E-state index contributed by atoms with van der Waals surface area (Å²) in [4.78, 5) is 0.303. The Hall–Kier alpha value is -0.890. The number of nitrogen functional groups attached to an aromatic ring is 1. The zero-order valence-electron chi connectivity index (χ0n) is 9.49. The van der Waals surface area contributed by atoms with E-state index in [0.29, 0.717) is 10.6 Å². The maximum atomic E-state index is 11.9. The van der Waals surface area contributed by atoms with Crippen LogP contribution in [-0.2, 0) is 10.8 Å². The largest absolute Gasteiger partial charge is 0.497 e. The summed E-state index contributed by atoms with van der Waals surface area (Å²) in [6.07, 6.45) is 0. The predicted molar refractivity (Wildman–Crippen MR) is 67.2 cm³/mol. The zero-order valence-corrected chi connectivity index (χ0v) is 11.1. The molecule has 0 spiro atoms. The van der Waals surface area contributed by atoms with Gasteiger partial charge in [-0.15, -0.1) is 0 Å². The summed E-state index contributed by atoms with van der Waals surface area (Å²) in [7, 11) is -0.125. The summed E-state index contributed by atoms with van der Waals surface area (Å²) in [6, 6.07) is 4.59. The highest BCUT2D eigenvalue weighted by molar-refractivity contribution is 8.00. The zero-order chi connectivity index (χ0) is 13.8. The molecule has 2 N–H and O–H groups in total. The second-order valence-electron chi connectivity index (χ2n) is 3.25. The standard InChI is InChI=1S/C10H12F3NO2S2/c1-16-7-2-3-8(14)9(6-7)18(15)5-4-17-10(11,12)13/h2-3,6H,4-5,14H2,1H3. The minimum Gasteiger partial charge on any atom is -0.497 e. The van der Waals surface area contributed by atoms with Crippen molar-refractivity contribution in [3.8, 4) is 5.75 Å². The Labute approximate surface area is 109 Å². The minimum atomic E-state index is -4.30. The molecule has 0 fully saturated rings. The average Bonchev–Trinajstić information content (AvgIpc) is 2.27. The van der Waals surface area contributed by atoms with Crippen molar-refractivity contribution in [1.29, 1.82) is 0 Å². The number of ether oxygens (including phenoxy) is 1. The SMILES string of the molecule is COc1ccc(N)c(S(=O)CCSC(F)(F)F)c1. The van der Waals surface area contributed by atoms with Crippen molar-refractivity contribution in [3.05, 3.63) is 18.2 Å². The second kappa shape index (κ2) is 6.33. The summed E-state index contributed by atoms with van der Waals surface area (Å²) in [5.41, 5.74) is 1.61. The fraction of sp³-hybridized carbons (Fsp3) is 0.400. The molecule has 1 atom stereocenters. The van der Waals surface area contributed by atoms with Crippen molar-refractivity contribution in [2.24, 2.45) is 0 Å². The summed E-state index contributed by atoms with van der Waals surface area (Å²) >= 11 is -0.193. The Morgan fingerprint density at radius 2 is 2.11 bits per heavy atom. The molecule has 8 heteroatoms. The highest BCUT2D eigenvalue weighted by atomic mass is 32.2. The Bertz CT molecular complexity index is 438. The minimum absolute atomic E-state index is 0.110.